The molecule has 2 rings (SSSR count). The summed E-state index contributed by atoms with van der Waals surface area (Å²) in [4.78, 5) is 14.5. The number of amides is 1. The summed E-state index contributed by atoms with van der Waals surface area (Å²) in [6, 6.07) is 7.50. The topological polar surface area (TPSA) is 38.8 Å². The second-order valence-electron chi connectivity index (χ2n) is 6.53. The summed E-state index contributed by atoms with van der Waals surface area (Å²) in [6.45, 7) is 5.52. The van der Waals surface area contributed by atoms with Crippen molar-refractivity contribution < 1.29 is 14.3 Å². The molecule has 0 aliphatic carbocycles. The zero-order valence-electron chi connectivity index (χ0n) is 15.2. The predicted molar refractivity (Wildman–Crippen MR) is 99.7 cm³/mol. The fraction of sp³-hybridized carbons (Fsp3) is 0.571. The van der Waals surface area contributed by atoms with Gasteiger partial charge in [-0.05, 0) is 49.4 Å². The summed E-state index contributed by atoms with van der Waals surface area (Å²) in [6.07, 6.45) is 10.6. The standard InChI is InChI=1S/C21H29NO3/c1-3-5-6-16-25-20-9-7-19(8-10-20)21(23)22-13-11-18(12-14-22)17-24-15-4-2/h2,7-10,18H,3,5-6,11-17H2,1H3. The third kappa shape index (κ3) is 6.43. The van der Waals surface area contributed by atoms with E-state index in [9.17, 15) is 4.79 Å². The van der Waals surface area contributed by atoms with Crippen molar-refractivity contribution in [3.05, 3.63) is 29.8 Å². The van der Waals surface area contributed by atoms with E-state index in [-0.39, 0.29) is 5.91 Å². The van der Waals surface area contributed by atoms with Gasteiger partial charge < -0.3 is 14.4 Å². The molecule has 4 nitrogen and oxygen atoms in total. The highest BCUT2D eigenvalue weighted by atomic mass is 16.5. The van der Waals surface area contributed by atoms with Gasteiger partial charge in [0.05, 0.1) is 13.2 Å². The van der Waals surface area contributed by atoms with Gasteiger partial charge in [0.1, 0.15) is 12.4 Å². The summed E-state index contributed by atoms with van der Waals surface area (Å²) in [7, 11) is 0. The van der Waals surface area contributed by atoms with Gasteiger partial charge in [0, 0.05) is 18.7 Å². The van der Waals surface area contributed by atoms with E-state index in [0.29, 0.717) is 19.1 Å². The molecule has 0 atom stereocenters. The van der Waals surface area contributed by atoms with Crippen molar-refractivity contribution in [2.45, 2.75) is 39.0 Å². The number of ether oxygens (including phenoxy) is 2. The highest BCUT2D eigenvalue weighted by Gasteiger charge is 2.23. The zero-order chi connectivity index (χ0) is 17.9. The Morgan fingerprint density at radius 1 is 1.24 bits per heavy atom. The van der Waals surface area contributed by atoms with Crippen LogP contribution in [0.15, 0.2) is 24.3 Å². The fourth-order valence-electron chi connectivity index (χ4n) is 3.01. The van der Waals surface area contributed by atoms with Crippen LogP contribution in [-0.2, 0) is 4.74 Å². The molecule has 1 aliphatic rings. The SMILES string of the molecule is C#CCOCC1CCN(C(=O)c2ccc(OCCCCC)cc2)CC1. The average Bonchev–Trinajstić information content (AvgIpc) is 2.66. The first-order chi connectivity index (χ1) is 12.2. The molecular weight excluding hydrogens is 314 g/mol. The van der Waals surface area contributed by atoms with Crippen LogP contribution in [0.2, 0.25) is 0 Å². The molecule has 1 saturated heterocycles. The van der Waals surface area contributed by atoms with E-state index in [0.717, 1.165) is 50.3 Å². The average molecular weight is 343 g/mol. The Labute approximate surface area is 151 Å². The smallest absolute Gasteiger partial charge is 0.253 e. The predicted octanol–water partition coefficient (Wildman–Crippen LogP) is 3.76. The van der Waals surface area contributed by atoms with Crippen LogP contribution < -0.4 is 4.74 Å². The number of nitrogens with zero attached hydrogens (tertiary/aromatic N) is 1. The first kappa shape index (κ1) is 19.3. The van der Waals surface area contributed by atoms with Gasteiger partial charge in [-0.1, -0.05) is 25.7 Å². The van der Waals surface area contributed by atoms with Crippen LogP contribution in [0.5, 0.6) is 5.75 Å². The lowest BCUT2D eigenvalue weighted by atomic mass is 9.97. The molecule has 1 aromatic rings. The zero-order valence-corrected chi connectivity index (χ0v) is 15.2. The van der Waals surface area contributed by atoms with Crippen molar-refractivity contribution in [1.82, 2.24) is 4.90 Å². The second kappa shape index (κ2) is 10.8. The van der Waals surface area contributed by atoms with Crippen LogP contribution in [0.25, 0.3) is 0 Å². The second-order valence-corrected chi connectivity index (χ2v) is 6.53. The summed E-state index contributed by atoms with van der Waals surface area (Å²) in [5.74, 6) is 3.91. The number of carbonyl (C=O) groups is 1. The van der Waals surface area contributed by atoms with Crippen LogP contribution in [0, 0.1) is 18.3 Å². The van der Waals surface area contributed by atoms with E-state index in [1.807, 2.05) is 29.2 Å². The number of benzene rings is 1. The number of hydrogen-bond acceptors (Lipinski definition) is 3. The molecule has 1 amide bonds. The van der Waals surface area contributed by atoms with Crippen LogP contribution in [-0.4, -0.2) is 43.7 Å². The van der Waals surface area contributed by atoms with Gasteiger partial charge in [-0.2, -0.15) is 0 Å². The van der Waals surface area contributed by atoms with Crippen molar-refractivity contribution in [2.75, 3.05) is 32.9 Å². The monoisotopic (exact) mass is 343 g/mol. The quantitative estimate of drug-likeness (QED) is 0.506. The minimum atomic E-state index is 0.0977. The Kier molecular flexibility index (Phi) is 8.34. The number of unbranched alkanes of at least 4 members (excludes halogenated alkanes) is 2. The lowest BCUT2D eigenvalue weighted by molar-refractivity contribution is 0.0582. The third-order valence-corrected chi connectivity index (χ3v) is 4.56. The minimum Gasteiger partial charge on any atom is -0.494 e. The molecule has 1 aliphatic heterocycles. The Balaban J connectivity index is 1.76. The van der Waals surface area contributed by atoms with Crippen LogP contribution in [0.4, 0.5) is 0 Å². The fourth-order valence-corrected chi connectivity index (χ4v) is 3.01. The minimum absolute atomic E-state index is 0.0977. The Morgan fingerprint density at radius 3 is 2.60 bits per heavy atom. The lowest BCUT2D eigenvalue weighted by Crippen LogP contribution is -2.39. The highest BCUT2D eigenvalue weighted by molar-refractivity contribution is 5.94. The van der Waals surface area contributed by atoms with E-state index < -0.39 is 0 Å². The summed E-state index contributed by atoms with van der Waals surface area (Å²) in [5.41, 5.74) is 0.725. The van der Waals surface area contributed by atoms with Gasteiger partial charge >= 0.3 is 0 Å². The summed E-state index contributed by atoms with van der Waals surface area (Å²) in [5, 5.41) is 0. The molecule has 0 saturated carbocycles. The summed E-state index contributed by atoms with van der Waals surface area (Å²) >= 11 is 0. The van der Waals surface area contributed by atoms with Gasteiger partial charge in [0.15, 0.2) is 0 Å². The van der Waals surface area contributed by atoms with Gasteiger partial charge in [0.2, 0.25) is 0 Å². The molecule has 1 fully saturated rings. The van der Waals surface area contributed by atoms with Crippen molar-refractivity contribution in [2.24, 2.45) is 5.92 Å². The Hall–Kier alpha value is -1.99. The van der Waals surface area contributed by atoms with Gasteiger partial charge in [-0.25, -0.2) is 0 Å². The van der Waals surface area contributed by atoms with Crippen molar-refractivity contribution in [3.8, 4) is 18.1 Å². The van der Waals surface area contributed by atoms with E-state index in [1.165, 1.54) is 12.8 Å². The molecule has 1 aromatic carbocycles. The first-order valence-corrected chi connectivity index (χ1v) is 9.28. The molecule has 0 unspecified atom stereocenters. The number of likely N-dealkylation sites (tertiary alicyclic amines) is 1. The largest absolute Gasteiger partial charge is 0.494 e. The van der Waals surface area contributed by atoms with Crippen LogP contribution in [0.3, 0.4) is 0 Å². The maximum Gasteiger partial charge on any atom is 0.253 e. The highest BCUT2D eigenvalue weighted by Crippen LogP contribution is 2.20. The molecule has 0 bridgehead atoms. The van der Waals surface area contributed by atoms with Crippen LogP contribution >= 0.6 is 0 Å². The number of hydrogen-bond donors (Lipinski definition) is 0. The van der Waals surface area contributed by atoms with Crippen molar-refractivity contribution >= 4 is 5.91 Å². The first-order valence-electron chi connectivity index (χ1n) is 9.28. The number of carbonyl (C=O) groups excluding carboxylic acids is 1. The van der Waals surface area contributed by atoms with Crippen LogP contribution in [0.1, 0.15) is 49.4 Å². The number of rotatable bonds is 9. The van der Waals surface area contributed by atoms with Crippen molar-refractivity contribution in [1.29, 1.82) is 0 Å². The van der Waals surface area contributed by atoms with E-state index in [4.69, 9.17) is 15.9 Å². The molecule has 25 heavy (non-hydrogen) atoms. The molecule has 136 valence electrons. The molecule has 0 radical (unpaired) electrons. The number of terminal acetylenes is 1. The maximum absolute atomic E-state index is 12.6. The van der Waals surface area contributed by atoms with E-state index >= 15 is 0 Å². The Bertz CT molecular complexity index is 553. The molecule has 0 N–H and O–H groups in total. The number of piperidine rings is 1. The molecule has 0 aromatic heterocycles. The normalized spacial score (nSPS) is 15.0. The molecular formula is C21H29NO3. The molecule has 4 heteroatoms. The van der Waals surface area contributed by atoms with Crippen molar-refractivity contribution in [3.63, 3.8) is 0 Å². The summed E-state index contributed by atoms with van der Waals surface area (Å²) < 4.78 is 11.1. The van der Waals surface area contributed by atoms with E-state index in [1.54, 1.807) is 0 Å². The molecule has 1 heterocycles. The van der Waals surface area contributed by atoms with Gasteiger partial charge in [-0.3, -0.25) is 4.79 Å². The maximum atomic E-state index is 12.6. The van der Waals surface area contributed by atoms with Gasteiger partial charge in [0.25, 0.3) is 5.91 Å². The van der Waals surface area contributed by atoms with Gasteiger partial charge in [-0.15, -0.1) is 6.42 Å². The Morgan fingerprint density at radius 2 is 1.96 bits per heavy atom. The lowest BCUT2D eigenvalue weighted by Gasteiger charge is -2.31. The third-order valence-electron chi connectivity index (χ3n) is 4.56. The van der Waals surface area contributed by atoms with E-state index in [2.05, 4.69) is 12.8 Å². The molecule has 0 spiro atoms.